The Bertz CT molecular complexity index is 3330. The molecule has 2 aromatic carbocycles. The van der Waals surface area contributed by atoms with E-state index in [0.717, 1.165) is 69.3 Å². The van der Waals surface area contributed by atoms with E-state index in [9.17, 15) is 17.6 Å². The molecule has 2 saturated heterocycles. The van der Waals surface area contributed by atoms with Crippen LogP contribution in [0.1, 0.15) is 103 Å². The molecule has 8 aromatic rings. The average molecular weight is 1030 g/mol. The first-order valence-electron chi connectivity index (χ1n) is 25.6. The van der Waals surface area contributed by atoms with Gasteiger partial charge in [-0.3, -0.25) is 14.7 Å². The Morgan fingerprint density at radius 2 is 1.03 bits per heavy atom. The van der Waals surface area contributed by atoms with E-state index in [2.05, 4.69) is 99.9 Å². The number of piperazine rings is 1. The number of imidazole rings is 2. The molecule has 2 aliphatic heterocycles. The number of nitrogens with one attached hydrogen (secondary N) is 2. The van der Waals surface area contributed by atoms with E-state index in [0.29, 0.717) is 50.9 Å². The number of hydrogen-bond acceptors (Lipinski definition) is 13. The molecule has 394 valence electrons. The highest BCUT2D eigenvalue weighted by molar-refractivity contribution is 5.84. The molecule has 2 N–H and O–H groups in total. The number of nitrogens with zero attached hydrogens (tertiary/aromatic N) is 13. The minimum Gasteiger partial charge on any atom is -0.326 e. The fourth-order valence-corrected chi connectivity index (χ4v) is 10.5. The van der Waals surface area contributed by atoms with Crippen molar-refractivity contribution in [1.82, 2.24) is 63.7 Å². The van der Waals surface area contributed by atoms with Crippen LogP contribution in [0, 0.1) is 42.5 Å². The van der Waals surface area contributed by atoms with Gasteiger partial charge >= 0.3 is 0 Å². The van der Waals surface area contributed by atoms with Crippen molar-refractivity contribution in [1.29, 1.82) is 0 Å². The Morgan fingerprint density at radius 3 is 1.44 bits per heavy atom. The van der Waals surface area contributed by atoms with Gasteiger partial charge in [0.25, 0.3) is 0 Å². The van der Waals surface area contributed by atoms with Crippen LogP contribution >= 0.6 is 0 Å². The molecular formula is C56H67F4N15. The lowest BCUT2D eigenvalue weighted by molar-refractivity contribution is 0.0359. The SMILES string of the molecule is Cc1nc2c(F)cc(-c3nc(Nc4ccc(CN5CCCC(C)(C)C5)cn4)ncc3F)cc2n1C(C)C.Cc1nc2c(F)cc(-c3nc(Nc4ccc(CN5CCN(C)C(C)(C)C5)cn4)ncc3F)cc2n1C(C)C. The Kier molecular flexibility index (Phi) is 15.1. The van der Waals surface area contributed by atoms with Gasteiger partial charge in [-0.15, -0.1) is 0 Å². The molecule has 2 aliphatic rings. The monoisotopic (exact) mass is 1030 g/mol. The first kappa shape index (κ1) is 52.9. The molecule has 10 rings (SSSR count). The number of likely N-dealkylation sites (N-methyl/N-ethyl adjacent to an activating group) is 1. The molecule has 15 nitrogen and oxygen atoms in total. The largest absolute Gasteiger partial charge is 0.326 e. The molecule has 0 radical (unpaired) electrons. The lowest BCUT2D eigenvalue weighted by Crippen LogP contribution is -2.57. The molecule has 75 heavy (non-hydrogen) atoms. The first-order chi connectivity index (χ1) is 35.6. The van der Waals surface area contributed by atoms with Crippen molar-refractivity contribution in [2.45, 2.75) is 113 Å². The van der Waals surface area contributed by atoms with Crippen molar-refractivity contribution in [2.24, 2.45) is 5.41 Å². The smallest absolute Gasteiger partial charge is 0.229 e. The Morgan fingerprint density at radius 1 is 0.560 bits per heavy atom. The van der Waals surface area contributed by atoms with Crippen LogP contribution in [0.2, 0.25) is 0 Å². The lowest BCUT2D eigenvalue weighted by atomic mass is 9.84. The molecule has 0 spiro atoms. The van der Waals surface area contributed by atoms with Crippen molar-refractivity contribution in [3.8, 4) is 22.5 Å². The lowest BCUT2D eigenvalue weighted by Gasteiger charge is -2.45. The van der Waals surface area contributed by atoms with E-state index < -0.39 is 23.3 Å². The van der Waals surface area contributed by atoms with Crippen molar-refractivity contribution in [3.05, 3.63) is 119 Å². The highest BCUT2D eigenvalue weighted by Crippen LogP contribution is 2.34. The molecule has 0 aliphatic carbocycles. The molecule has 0 saturated carbocycles. The van der Waals surface area contributed by atoms with Crippen molar-refractivity contribution >= 4 is 45.6 Å². The predicted octanol–water partition coefficient (Wildman–Crippen LogP) is 11.7. The summed E-state index contributed by atoms with van der Waals surface area (Å²) in [5.41, 5.74) is 5.09. The standard InChI is InChI=1S/C28H34F2N8.C28H33F2N7/c1-17(2)38-18(3)33-26-21(29)11-20(12-23(26)38)25-22(30)14-32-27(35-25)34-24-8-7-19(13-31-24)15-37-10-9-36(6)28(4,5)16-37;1-17(2)37-18(3)33-26-21(29)11-20(12-23(26)37)25-22(30)14-32-27(35-25)34-24-8-7-19(13-31-24)15-36-10-6-9-28(4,5)16-36/h7-8,11-14,17H,9-10,15-16H2,1-6H3,(H,31,32,34,35);7-8,11-14,17H,6,9-10,15-16H2,1-5H3,(H,31,32,34,35). The molecule has 0 atom stereocenters. The summed E-state index contributed by atoms with van der Waals surface area (Å²) in [5.74, 6) is 0.540. The summed E-state index contributed by atoms with van der Waals surface area (Å²) in [5, 5.41) is 6.09. The number of aryl methyl sites for hydroxylation is 2. The summed E-state index contributed by atoms with van der Waals surface area (Å²) in [6.45, 7) is 27.7. The van der Waals surface area contributed by atoms with Crippen LogP contribution in [0.3, 0.4) is 0 Å². The number of benzene rings is 2. The van der Waals surface area contributed by atoms with E-state index in [1.54, 1.807) is 12.1 Å². The summed E-state index contributed by atoms with van der Waals surface area (Å²) in [6.07, 6.45) is 8.31. The normalized spacial score (nSPS) is 16.2. The summed E-state index contributed by atoms with van der Waals surface area (Å²) in [7, 11) is 2.17. The zero-order chi connectivity index (χ0) is 53.5. The number of hydrogen-bond donors (Lipinski definition) is 2. The number of piperidine rings is 1. The van der Waals surface area contributed by atoms with Crippen molar-refractivity contribution < 1.29 is 17.6 Å². The third-order valence-electron chi connectivity index (χ3n) is 14.2. The van der Waals surface area contributed by atoms with E-state index in [1.165, 1.54) is 25.0 Å². The molecule has 0 bridgehead atoms. The van der Waals surface area contributed by atoms with E-state index in [1.807, 2.05) is 87.3 Å². The van der Waals surface area contributed by atoms with Gasteiger partial charge in [-0.1, -0.05) is 26.0 Å². The number of pyridine rings is 2. The zero-order valence-corrected chi connectivity index (χ0v) is 44.8. The molecule has 6 aromatic heterocycles. The quantitative estimate of drug-likeness (QED) is 0.112. The van der Waals surface area contributed by atoms with Crippen LogP contribution in [-0.4, -0.2) is 109 Å². The number of likely N-dealkylation sites (tertiary alicyclic amines) is 1. The Balaban J connectivity index is 0.000000184. The fraction of sp³-hybridized carbons (Fsp3) is 0.429. The molecular weight excluding hydrogens is 959 g/mol. The highest BCUT2D eigenvalue weighted by Gasteiger charge is 2.31. The van der Waals surface area contributed by atoms with Gasteiger partial charge in [-0.05, 0) is 135 Å². The number of halogens is 4. The van der Waals surface area contributed by atoms with E-state index in [4.69, 9.17) is 0 Å². The van der Waals surface area contributed by atoms with Crippen LogP contribution in [-0.2, 0) is 13.1 Å². The van der Waals surface area contributed by atoms with Gasteiger partial charge in [0.15, 0.2) is 23.3 Å². The van der Waals surface area contributed by atoms with Gasteiger partial charge < -0.3 is 19.8 Å². The minimum absolute atomic E-state index is 0.00626. The summed E-state index contributed by atoms with van der Waals surface area (Å²) in [4.78, 5) is 41.9. The maximum Gasteiger partial charge on any atom is 0.229 e. The predicted molar refractivity (Wildman–Crippen MR) is 287 cm³/mol. The maximum atomic E-state index is 15.0. The van der Waals surface area contributed by atoms with Crippen LogP contribution in [0.25, 0.3) is 44.6 Å². The van der Waals surface area contributed by atoms with Gasteiger partial charge in [-0.2, -0.15) is 0 Å². The van der Waals surface area contributed by atoms with Crippen molar-refractivity contribution in [3.63, 3.8) is 0 Å². The summed E-state index contributed by atoms with van der Waals surface area (Å²) < 4.78 is 63.4. The highest BCUT2D eigenvalue weighted by atomic mass is 19.1. The molecule has 0 unspecified atom stereocenters. The zero-order valence-electron chi connectivity index (χ0n) is 44.8. The number of fused-ring (bicyclic) bond motifs is 2. The average Bonchev–Trinajstić information content (AvgIpc) is 3.89. The van der Waals surface area contributed by atoms with E-state index in [-0.39, 0.29) is 51.9 Å². The third-order valence-corrected chi connectivity index (χ3v) is 14.2. The van der Waals surface area contributed by atoms with Gasteiger partial charge in [0.05, 0.1) is 23.4 Å². The second-order valence-corrected chi connectivity index (χ2v) is 22.0. The second kappa shape index (κ2) is 21.3. The summed E-state index contributed by atoms with van der Waals surface area (Å²) >= 11 is 0. The number of rotatable bonds is 12. The van der Waals surface area contributed by atoms with E-state index >= 15 is 0 Å². The topological polar surface area (TPSA) is 147 Å². The van der Waals surface area contributed by atoms with Gasteiger partial charge in [-0.25, -0.2) is 57.4 Å². The number of anilines is 4. The Hall–Kier alpha value is -6.96. The first-order valence-corrected chi connectivity index (χ1v) is 25.6. The van der Waals surface area contributed by atoms with Gasteiger partial charge in [0.1, 0.15) is 45.7 Å². The molecule has 8 heterocycles. The molecule has 0 amide bonds. The van der Waals surface area contributed by atoms with Crippen LogP contribution in [0.15, 0.2) is 73.3 Å². The fourth-order valence-electron chi connectivity index (χ4n) is 10.5. The van der Waals surface area contributed by atoms with Crippen LogP contribution in [0.5, 0.6) is 0 Å². The van der Waals surface area contributed by atoms with Crippen molar-refractivity contribution in [2.75, 3.05) is 50.4 Å². The van der Waals surface area contributed by atoms with Crippen LogP contribution < -0.4 is 10.6 Å². The Labute approximate surface area is 435 Å². The van der Waals surface area contributed by atoms with Gasteiger partial charge in [0.2, 0.25) is 11.9 Å². The van der Waals surface area contributed by atoms with Crippen LogP contribution in [0.4, 0.5) is 41.1 Å². The molecule has 2 fully saturated rings. The number of aromatic nitrogens is 10. The third kappa shape index (κ3) is 11.8. The summed E-state index contributed by atoms with van der Waals surface area (Å²) in [6, 6.07) is 13.9. The minimum atomic E-state index is -0.639. The van der Waals surface area contributed by atoms with Gasteiger partial charge in [0, 0.05) is 80.4 Å². The second-order valence-electron chi connectivity index (χ2n) is 22.0. The maximum absolute atomic E-state index is 15.0. The molecule has 19 heteroatoms.